The van der Waals surface area contributed by atoms with Gasteiger partial charge >= 0.3 is 5.97 Å². The largest absolute Gasteiger partial charge is 0.480 e. The summed E-state index contributed by atoms with van der Waals surface area (Å²) < 4.78 is 31.7. The second-order valence-corrected chi connectivity index (χ2v) is 7.49. The van der Waals surface area contributed by atoms with Crippen LogP contribution in [0.15, 0.2) is 23.1 Å². The normalized spacial score (nSPS) is 15.2. The van der Waals surface area contributed by atoms with Gasteiger partial charge in [-0.05, 0) is 25.0 Å². The summed E-state index contributed by atoms with van der Waals surface area (Å²) in [4.78, 5) is 10.4. The Bertz CT molecular complexity index is 660. The van der Waals surface area contributed by atoms with E-state index in [-0.39, 0.29) is 34.1 Å². The summed E-state index contributed by atoms with van der Waals surface area (Å²) in [6.45, 7) is -0.389. The van der Waals surface area contributed by atoms with Crippen LogP contribution in [0.4, 0.5) is 0 Å². The monoisotopic (exact) mass is 367 g/mol. The van der Waals surface area contributed by atoms with Crippen molar-refractivity contribution in [3.05, 3.63) is 28.2 Å². The predicted octanol–water partition coefficient (Wildman–Crippen LogP) is 2.25. The highest BCUT2D eigenvalue weighted by Gasteiger charge is 2.38. The number of aliphatic carboxylic acids is 1. The fourth-order valence-corrected chi connectivity index (χ4v) is 4.39. The van der Waals surface area contributed by atoms with Crippen LogP contribution in [0.25, 0.3) is 0 Å². The molecule has 122 valence electrons. The maximum Gasteiger partial charge on any atom is 0.329 e. The van der Waals surface area contributed by atoms with E-state index in [2.05, 4.69) is 0 Å². The van der Waals surface area contributed by atoms with E-state index in [1.165, 1.54) is 22.5 Å². The van der Waals surface area contributed by atoms with E-state index in [0.717, 1.165) is 12.8 Å². The zero-order valence-corrected chi connectivity index (χ0v) is 13.9. The van der Waals surface area contributed by atoms with Crippen LogP contribution in [0.5, 0.6) is 0 Å². The Morgan fingerprint density at radius 2 is 2.05 bits per heavy atom. The molecule has 1 aromatic carbocycles. The van der Waals surface area contributed by atoms with Gasteiger partial charge < -0.3 is 9.84 Å². The molecule has 0 unspecified atom stereocenters. The second-order valence-electron chi connectivity index (χ2n) is 4.85. The van der Waals surface area contributed by atoms with E-state index in [0.29, 0.717) is 0 Å². The molecule has 0 saturated heterocycles. The number of nitrogens with zero attached hydrogens (tertiary/aromatic N) is 1. The third kappa shape index (κ3) is 4.11. The van der Waals surface area contributed by atoms with Gasteiger partial charge in [-0.3, -0.25) is 0 Å². The Balaban J connectivity index is 2.16. The highest BCUT2D eigenvalue weighted by Crippen LogP contribution is 2.36. The molecule has 0 aromatic heterocycles. The first-order valence-corrected chi connectivity index (χ1v) is 8.79. The van der Waals surface area contributed by atoms with Gasteiger partial charge in [0.1, 0.15) is 11.5 Å². The Hall–Kier alpha value is -0.860. The molecular formula is C13H15Cl2NO5S. The molecule has 1 aliphatic rings. The van der Waals surface area contributed by atoms with Crippen LogP contribution in [-0.4, -0.2) is 49.6 Å². The van der Waals surface area contributed by atoms with Crippen LogP contribution in [0.3, 0.4) is 0 Å². The molecule has 1 saturated carbocycles. The van der Waals surface area contributed by atoms with Gasteiger partial charge in [-0.2, -0.15) is 4.31 Å². The van der Waals surface area contributed by atoms with Crippen molar-refractivity contribution in [3.63, 3.8) is 0 Å². The molecule has 0 atom stereocenters. The summed E-state index contributed by atoms with van der Waals surface area (Å²) >= 11 is 11.9. The Labute approximate surface area is 138 Å². The molecule has 0 bridgehead atoms. The average Bonchev–Trinajstić information content (AvgIpc) is 3.25. The van der Waals surface area contributed by atoms with E-state index in [4.69, 9.17) is 33.0 Å². The minimum Gasteiger partial charge on any atom is -0.480 e. The molecule has 0 radical (unpaired) electrons. The maximum absolute atomic E-state index is 12.7. The molecule has 1 fully saturated rings. The molecule has 1 aliphatic carbocycles. The zero-order chi connectivity index (χ0) is 16.3. The summed E-state index contributed by atoms with van der Waals surface area (Å²) in [7, 11) is -3.80. The third-order valence-electron chi connectivity index (χ3n) is 3.14. The number of carboxylic acid groups (broad SMARTS) is 1. The molecule has 1 aromatic rings. The highest BCUT2D eigenvalue weighted by molar-refractivity contribution is 7.89. The van der Waals surface area contributed by atoms with Crippen molar-refractivity contribution in [1.29, 1.82) is 0 Å². The molecular weight excluding hydrogens is 353 g/mol. The van der Waals surface area contributed by atoms with Gasteiger partial charge in [-0.1, -0.05) is 29.3 Å². The maximum atomic E-state index is 12.7. The van der Waals surface area contributed by atoms with Crippen LogP contribution < -0.4 is 0 Å². The van der Waals surface area contributed by atoms with Gasteiger partial charge in [0.15, 0.2) is 0 Å². The van der Waals surface area contributed by atoms with Gasteiger partial charge in [0.05, 0.1) is 16.7 Å². The number of hydrogen-bond donors (Lipinski definition) is 1. The van der Waals surface area contributed by atoms with Crippen LogP contribution >= 0.6 is 23.2 Å². The average molecular weight is 368 g/mol. The first kappa shape index (κ1) is 17.5. The Morgan fingerprint density at radius 1 is 1.36 bits per heavy atom. The van der Waals surface area contributed by atoms with Crippen LogP contribution in [-0.2, 0) is 19.6 Å². The van der Waals surface area contributed by atoms with Crippen molar-refractivity contribution in [1.82, 2.24) is 4.31 Å². The van der Waals surface area contributed by atoms with Gasteiger partial charge in [-0.25, -0.2) is 13.2 Å². The lowest BCUT2D eigenvalue weighted by Gasteiger charge is -2.22. The summed E-state index contributed by atoms with van der Waals surface area (Å²) in [5.74, 6) is -1.10. The minimum atomic E-state index is -3.80. The van der Waals surface area contributed by atoms with Crippen molar-refractivity contribution in [2.45, 2.75) is 23.8 Å². The van der Waals surface area contributed by atoms with E-state index in [1.54, 1.807) is 0 Å². The summed E-state index contributed by atoms with van der Waals surface area (Å²) in [6, 6.07) is 4.33. The topological polar surface area (TPSA) is 83.9 Å². The number of carboxylic acids is 1. The first-order chi connectivity index (χ1) is 10.3. The summed E-state index contributed by atoms with van der Waals surface area (Å²) in [5.41, 5.74) is 0. The highest BCUT2D eigenvalue weighted by atomic mass is 35.5. The predicted molar refractivity (Wildman–Crippen MR) is 81.8 cm³/mol. The molecule has 6 nitrogen and oxygen atoms in total. The fourth-order valence-electron chi connectivity index (χ4n) is 1.99. The standard InChI is InChI=1S/C13H15Cl2NO5S/c14-10-2-1-3-11(13(10)15)22(19,20)16(9-4-5-9)6-7-21-8-12(17)18/h1-3,9H,4-8H2,(H,17,18). The lowest BCUT2D eigenvalue weighted by atomic mass is 10.4. The smallest absolute Gasteiger partial charge is 0.329 e. The summed E-state index contributed by atoms with van der Waals surface area (Å²) in [5, 5.41) is 8.67. The van der Waals surface area contributed by atoms with Crippen molar-refractivity contribution < 1.29 is 23.1 Å². The van der Waals surface area contributed by atoms with Gasteiger partial charge in [0.2, 0.25) is 10.0 Å². The lowest BCUT2D eigenvalue weighted by molar-refractivity contribution is -0.142. The molecule has 0 heterocycles. The van der Waals surface area contributed by atoms with Crippen molar-refractivity contribution in [3.8, 4) is 0 Å². The minimum absolute atomic E-state index is 0.000213. The van der Waals surface area contributed by atoms with Crippen molar-refractivity contribution >= 4 is 39.2 Å². The number of benzene rings is 1. The molecule has 2 rings (SSSR count). The SMILES string of the molecule is O=C(O)COCCN(C1CC1)S(=O)(=O)c1cccc(Cl)c1Cl. The van der Waals surface area contributed by atoms with E-state index >= 15 is 0 Å². The molecule has 0 amide bonds. The van der Waals surface area contributed by atoms with E-state index in [9.17, 15) is 13.2 Å². The van der Waals surface area contributed by atoms with Crippen LogP contribution in [0.2, 0.25) is 10.0 Å². The quantitative estimate of drug-likeness (QED) is 0.712. The molecule has 22 heavy (non-hydrogen) atoms. The van der Waals surface area contributed by atoms with Crippen molar-refractivity contribution in [2.24, 2.45) is 0 Å². The third-order valence-corrected chi connectivity index (χ3v) is 6.06. The number of rotatable bonds is 8. The number of halogens is 2. The fraction of sp³-hybridized carbons (Fsp3) is 0.462. The van der Waals surface area contributed by atoms with E-state index in [1.807, 2.05) is 0 Å². The Morgan fingerprint density at radius 3 is 2.64 bits per heavy atom. The Kier molecular flexibility index (Phi) is 5.68. The molecule has 0 spiro atoms. The van der Waals surface area contributed by atoms with E-state index < -0.39 is 22.6 Å². The lowest BCUT2D eigenvalue weighted by Crippen LogP contribution is -2.36. The number of hydrogen-bond acceptors (Lipinski definition) is 4. The van der Waals surface area contributed by atoms with Crippen LogP contribution in [0.1, 0.15) is 12.8 Å². The number of ether oxygens (including phenoxy) is 1. The number of sulfonamides is 1. The van der Waals surface area contributed by atoms with Gasteiger partial charge in [-0.15, -0.1) is 0 Å². The second kappa shape index (κ2) is 7.14. The summed E-state index contributed by atoms with van der Waals surface area (Å²) in [6.07, 6.45) is 1.52. The molecule has 1 N–H and O–H groups in total. The first-order valence-electron chi connectivity index (χ1n) is 6.59. The number of carbonyl (C=O) groups is 1. The van der Waals surface area contributed by atoms with Crippen molar-refractivity contribution in [2.75, 3.05) is 19.8 Å². The zero-order valence-electron chi connectivity index (χ0n) is 11.5. The van der Waals surface area contributed by atoms with Gasteiger partial charge in [0.25, 0.3) is 0 Å². The molecule has 0 aliphatic heterocycles. The van der Waals surface area contributed by atoms with Gasteiger partial charge in [0, 0.05) is 12.6 Å². The van der Waals surface area contributed by atoms with Crippen LogP contribution in [0, 0.1) is 0 Å². The molecule has 9 heteroatoms.